The van der Waals surface area contributed by atoms with Crippen LogP contribution in [0.2, 0.25) is 0 Å². The highest BCUT2D eigenvalue weighted by Gasteiger charge is 2.34. The van der Waals surface area contributed by atoms with Gasteiger partial charge in [0.1, 0.15) is 8.64 Å². The van der Waals surface area contributed by atoms with Crippen molar-refractivity contribution in [1.82, 2.24) is 19.6 Å². The number of ether oxygens (including phenoxy) is 4. The number of carbonyl (C=O) groups is 4. The predicted octanol–water partition coefficient (Wildman–Crippen LogP) is 4.87. The molecule has 0 aliphatic carbocycles. The Kier molecular flexibility index (Phi) is 10.8. The summed E-state index contributed by atoms with van der Waals surface area (Å²) in [4.78, 5) is 59.7. The molecule has 0 spiro atoms. The van der Waals surface area contributed by atoms with Crippen LogP contribution < -0.4 is 18.9 Å². The first-order valence-corrected chi connectivity index (χ1v) is 19.0. The van der Waals surface area contributed by atoms with E-state index in [-0.39, 0.29) is 50.2 Å². The van der Waals surface area contributed by atoms with Crippen LogP contribution in [0, 0.1) is 0 Å². The minimum absolute atomic E-state index is 0.0613. The van der Waals surface area contributed by atoms with Crippen LogP contribution in [0.1, 0.15) is 43.2 Å². The van der Waals surface area contributed by atoms with E-state index in [0.29, 0.717) is 87.0 Å². The third-order valence-electron chi connectivity index (χ3n) is 8.94. The molecule has 16 heteroatoms. The van der Waals surface area contributed by atoms with Crippen molar-refractivity contribution in [2.75, 3.05) is 52.9 Å². The van der Waals surface area contributed by atoms with Gasteiger partial charge in [0.05, 0.1) is 9.81 Å². The van der Waals surface area contributed by atoms with E-state index < -0.39 is 0 Å². The second kappa shape index (κ2) is 15.6. The summed E-state index contributed by atoms with van der Waals surface area (Å²) < 4.78 is 22.5. The van der Waals surface area contributed by atoms with Crippen molar-refractivity contribution in [2.45, 2.75) is 32.1 Å². The van der Waals surface area contributed by atoms with E-state index in [1.54, 1.807) is 26.8 Å². The van der Waals surface area contributed by atoms with Crippen molar-refractivity contribution in [1.29, 1.82) is 0 Å². The maximum absolute atomic E-state index is 13.1. The molecule has 2 aromatic carbocycles. The van der Waals surface area contributed by atoms with Gasteiger partial charge in [-0.3, -0.25) is 29.0 Å². The Labute approximate surface area is 314 Å². The lowest BCUT2D eigenvalue weighted by atomic mass is 10.1. The Bertz CT molecular complexity index is 1860. The van der Waals surface area contributed by atoms with Crippen LogP contribution in [0.3, 0.4) is 0 Å². The van der Waals surface area contributed by atoms with E-state index in [2.05, 4.69) is 0 Å². The molecule has 0 aromatic heterocycles. The number of unbranched alkanes of at least 4 members (excludes halogenated alkanes) is 2. The number of amides is 4. The lowest BCUT2D eigenvalue weighted by molar-refractivity contribution is -0.140. The number of fused-ring (bicyclic) bond motifs is 2. The highest BCUT2D eigenvalue weighted by molar-refractivity contribution is 8.27. The molecule has 51 heavy (non-hydrogen) atoms. The van der Waals surface area contributed by atoms with Crippen LogP contribution in [0.25, 0.3) is 12.2 Å². The molecule has 5 heterocycles. The minimum atomic E-state index is -0.223. The predicted molar refractivity (Wildman–Crippen MR) is 201 cm³/mol. The van der Waals surface area contributed by atoms with E-state index in [4.69, 9.17) is 43.4 Å². The average molecular weight is 767 g/mol. The molecule has 0 bridgehead atoms. The van der Waals surface area contributed by atoms with Gasteiger partial charge in [-0.15, -0.1) is 0 Å². The van der Waals surface area contributed by atoms with E-state index in [0.717, 1.165) is 24.0 Å². The van der Waals surface area contributed by atoms with Gasteiger partial charge in [-0.1, -0.05) is 66.5 Å². The minimum Gasteiger partial charge on any atom is -0.454 e. The van der Waals surface area contributed by atoms with Crippen LogP contribution in [0.15, 0.2) is 46.2 Å². The molecular formula is C35H34N4O8S4. The van der Waals surface area contributed by atoms with Gasteiger partial charge in [0.25, 0.3) is 11.8 Å². The molecule has 0 saturated carbocycles. The Balaban J connectivity index is 0.792. The molecule has 5 aliphatic heterocycles. The number of benzene rings is 2. The number of carbonyl (C=O) groups excluding carboxylic acids is 4. The fraction of sp³-hybridized carbons (Fsp3) is 0.371. The van der Waals surface area contributed by atoms with E-state index in [9.17, 15) is 19.2 Å². The smallest absolute Gasteiger partial charge is 0.266 e. The van der Waals surface area contributed by atoms with Gasteiger partial charge < -0.3 is 28.7 Å². The van der Waals surface area contributed by atoms with Crippen LogP contribution in [-0.4, -0.2) is 105 Å². The van der Waals surface area contributed by atoms with Gasteiger partial charge >= 0.3 is 0 Å². The quantitative estimate of drug-likeness (QED) is 0.177. The monoisotopic (exact) mass is 766 g/mol. The number of thioether (sulfide) groups is 2. The Hall–Kier alpha value is -4.12. The van der Waals surface area contributed by atoms with Gasteiger partial charge in [0.2, 0.25) is 25.4 Å². The SMILES string of the molecule is O=C(CCCCCN1C(=O)C(=Cc2ccc3c(c2)OCO3)SC1=S)N1CCN(C(=O)CCN2C(=O)C(=Cc3ccc4c(c3)OCO4)SC2=S)CC1. The zero-order valence-corrected chi connectivity index (χ0v) is 30.8. The van der Waals surface area contributed by atoms with Crippen LogP contribution in [0.4, 0.5) is 0 Å². The maximum atomic E-state index is 13.1. The summed E-state index contributed by atoms with van der Waals surface area (Å²) in [6, 6.07) is 11.0. The van der Waals surface area contributed by atoms with Crippen molar-refractivity contribution >= 4 is 92.4 Å². The largest absolute Gasteiger partial charge is 0.454 e. The summed E-state index contributed by atoms with van der Waals surface area (Å²) >= 11 is 13.4. The van der Waals surface area contributed by atoms with Gasteiger partial charge in [-0.25, -0.2) is 0 Å². The molecule has 4 amide bonds. The lowest BCUT2D eigenvalue weighted by Crippen LogP contribution is -2.51. The number of hydrogen-bond acceptors (Lipinski definition) is 12. The summed E-state index contributed by atoms with van der Waals surface area (Å²) in [5.74, 6) is 2.29. The molecule has 0 atom stereocenters. The van der Waals surface area contributed by atoms with Crippen molar-refractivity contribution in [3.63, 3.8) is 0 Å². The molecule has 0 radical (unpaired) electrons. The van der Waals surface area contributed by atoms with Crippen LogP contribution in [0.5, 0.6) is 23.0 Å². The second-order valence-electron chi connectivity index (χ2n) is 12.2. The van der Waals surface area contributed by atoms with Gasteiger partial charge in [0, 0.05) is 52.1 Å². The first-order chi connectivity index (χ1) is 24.7. The normalized spacial score (nSPS) is 19.8. The van der Waals surface area contributed by atoms with Gasteiger partial charge in [-0.05, 0) is 60.4 Å². The number of rotatable bonds is 11. The third-order valence-corrected chi connectivity index (χ3v) is 11.7. The standard InChI is InChI=1S/C35H34N4O8S4/c40-30(4-2-1-3-10-38-32(42)28(50-34(38)48)18-22-5-7-24-26(16-22)46-20-44-24)36-12-14-37(15-13-36)31(41)9-11-39-33(43)29(51-35(39)49)19-23-6-8-25-27(17-23)47-21-45-25/h5-8,16-19H,1-4,9-15,20-21H2. The first kappa shape index (κ1) is 35.3. The molecule has 2 aromatic rings. The summed E-state index contributed by atoms with van der Waals surface area (Å²) in [5.41, 5.74) is 1.64. The fourth-order valence-corrected chi connectivity index (χ4v) is 8.76. The molecule has 7 rings (SSSR count). The third kappa shape index (κ3) is 8.03. The van der Waals surface area contributed by atoms with Crippen molar-refractivity contribution < 1.29 is 38.1 Å². The highest BCUT2D eigenvalue weighted by atomic mass is 32.2. The number of piperazine rings is 1. The van der Waals surface area contributed by atoms with E-state index >= 15 is 0 Å². The summed E-state index contributed by atoms with van der Waals surface area (Å²) in [6.45, 7) is 2.89. The molecule has 0 unspecified atom stereocenters. The van der Waals surface area contributed by atoms with Crippen molar-refractivity contribution in [3.05, 3.63) is 57.3 Å². The van der Waals surface area contributed by atoms with Crippen molar-refractivity contribution in [3.8, 4) is 23.0 Å². The van der Waals surface area contributed by atoms with Crippen molar-refractivity contribution in [2.24, 2.45) is 0 Å². The Morgan fingerprint density at radius 3 is 1.63 bits per heavy atom. The maximum Gasteiger partial charge on any atom is 0.266 e. The van der Waals surface area contributed by atoms with Crippen LogP contribution >= 0.6 is 48.0 Å². The van der Waals surface area contributed by atoms with Gasteiger partial charge in [0.15, 0.2) is 23.0 Å². The summed E-state index contributed by atoms with van der Waals surface area (Å²) in [7, 11) is 0. The molecule has 5 aliphatic rings. The second-order valence-corrected chi connectivity index (χ2v) is 15.6. The number of hydrogen-bond donors (Lipinski definition) is 0. The fourth-order valence-electron chi connectivity index (χ4n) is 6.15. The lowest BCUT2D eigenvalue weighted by Gasteiger charge is -2.35. The van der Waals surface area contributed by atoms with Crippen LogP contribution in [-0.2, 0) is 19.2 Å². The van der Waals surface area contributed by atoms with E-state index in [1.165, 1.54) is 28.4 Å². The molecule has 266 valence electrons. The topological polar surface area (TPSA) is 118 Å². The molecule has 0 N–H and O–H groups in total. The number of thiocarbonyl (C=S) groups is 2. The number of nitrogens with zero attached hydrogens (tertiary/aromatic N) is 4. The summed E-state index contributed by atoms with van der Waals surface area (Å²) in [6.07, 6.45) is 6.35. The zero-order valence-electron chi connectivity index (χ0n) is 27.5. The molecular weight excluding hydrogens is 733 g/mol. The highest BCUT2D eigenvalue weighted by Crippen LogP contribution is 2.38. The van der Waals surface area contributed by atoms with Gasteiger partial charge in [-0.2, -0.15) is 0 Å². The zero-order chi connectivity index (χ0) is 35.5. The average Bonchev–Trinajstić information content (AvgIpc) is 3.91. The molecule has 3 saturated heterocycles. The Morgan fingerprint density at radius 1 is 0.627 bits per heavy atom. The Morgan fingerprint density at radius 2 is 1.10 bits per heavy atom. The molecule has 3 fully saturated rings. The van der Waals surface area contributed by atoms with E-state index in [1.807, 2.05) is 36.4 Å². The molecule has 12 nitrogen and oxygen atoms in total. The summed E-state index contributed by atoms with van der Waals surface area (Å²) in [5, 5.41) is 0. The first-order valence-electron chi connectivity index (χ1n) is 16.6.